The van der Waals surface area contributed by atoms with E-state index < -0.39 is 0 Å². The minimum Gasteiger partial charge on any atom is -0.463 e. The van der Waals surface area contributed by atoms with Crippen LogP contribution in [0.5, 0.6) is 0 Å². The molecule has 0 atom stereocenters. The number of hydrazine groups is 1. The lowest BCUT2D eigenvalue weighted by molar-refractivity contribution is -0.138. The number of hydrogen-bond donors (Lipinski definition) is 1. The van der Waals surface area contributed by atoms with Crippen LogP contribution in [0.3, 0.4) is 0 Å². The fourth-order valence-electron chi connectivity index (χ4n) is 0.947. The summed E-state index contributed by atoms with van der Waals surface area (Å²) in [6.45, 7) is 3.33. The molecule has 0 aliphatic carbocycles. The van der Waals surface area contributed by atoms with Gasteiger partial charge in [0.15, 0.2) is 0 Å². The van der Waals surface area contributed by atoms with Crippen molar-refractivity contribution in [2.45, 2.75) is 6.92 Å². The zero-order valence-corrected chi connectivity index (χ0v) is 6.54. The van der Waals surface area contributed by atoms with Gasteiger partial charge >= 0.3 is 5.97 Å². The van der Waals surface area contributed by atoms with Crippen LogP contribution in [0.1, 0.15) is 6.92 Å². The van der Waals surface area contributed by atoms with Gasteiger partial charge in [-0.2, -0.15) is 0 Å². The second-order valence-electron chi connectivity index (χ2n) is 2.38. The topological polar surface area (TPSA) is 55.6 Å². The number of esters is 1. The quantitative estimate of drug-likeness (QED) is 0.439. The van der Waals surface area contributed by atoms with Crippen molar-refractivity contribution < 1.29 is 9.53 Å². The third kappa shape index (κ3) is 2.03. The molecule has 0 spiro atoms. The number of carbonyl (C=O) groups excluding carboxylic acids is 1. The predicted molar refractivity (Wildman–Crippen MR) is 40.5 cm³/mol. The lowest BCUT2D eigenvalue weighted by atomic mass is 10.3. The Labute approximate surface area is 65.6 Å². The molecule has 1 aliphatic heterocycles. The summed E-state index contributed by atoms with van der Waals surface area (Å²) in [6.07, 6.45) is 1.79. The van der Waals surface area contributed by atoms with Gasteiger partial charge in [-0.3, -0.25) is 5.84 Å². The normalized spacial score (nSPS) is 18.2. The van der Waals surface area contributed by atoms with Gasteiger partial charge in [0, 0.05) is 18.7 Å². The van der Waals surface area contributed by atoms with Gasteiger partial charge in [0.2, 0.25) is 0 Å². The van der Waals surface area contributed by atoms with Crippen molar-refractivity contribution in [1.29, 1.82) is 0 Å². The Morgan fingerprint density at radius 3 is 3.09 bits per heavy atom. The molecule has 4 heteroatoms. The summed E-state index contributed by atoms with van der Waals surface area (Å²) in [6, 6.07) is 0. The van der Waals surface area contributed by atoms with Crippen LogP contribution in [0, 0.1) is 0 Å². The molecule has 0 aromatic rings. The van der Waals surface area contributed by atoms with Crippen LogP contribution in [-0.4, -0.2) is 30.7 Å². The van der Waals surface area contributed by atoms with Gasteiger partial charge in [0.05, 0.1) is 6.61 Å². The van der Waals surface area contributed by atoms with Gasteiger partial charge in [-0.05, 0) is 6.92 Å². The number of nitrogens with two attached hydrogens (primary N) is 1. The predicted octanol–water partition coefficient (Wildman–Crippen LogP) is -0.335. The summed E-state index contributed by atoms with van der Waals surface area (Å²) < 4.78 is 4.78. The summed E-state index contributed by atoms with van der Waals surface area (Å²) >= 11 is 0. The van der Waals surface area contributed by atoms with Gasteiger partial charge in [-0.1, -0.05) is 6.08 Å². The molecular formula is C7H12N2O2. The Balaban J connectivity index is 2.43. The highest BCUT2D eigenvalue weighted by atomic mass is 16.5. The fraction of sp³-hybridized carbons (Fsp3) is 0.571. The highest BCUT2D eigenvalue weighted by Crippen LogP contribution is 2.06. The Bertz CT molecular complexity index is 189. The van der Waals surface area contributed by atoms with Crippen molar-refractivity contribution >= 4 is 5.97 Å². The van der Waals surface area contributed by atoms with Gasteiger partial charge in [-0.25, -0.2) is 9.80 Å². The van der Waals surface area contributed by atoms with Crippen molar-refractivity contribution in [2.75, 3.05) is 19.7 Å². The van der Waals surface area contributed by atoms with Crippen molar-refractivity contribution in [1.82, 2.24) is 5.01 Å². The molecule has 0 unspecified atom stereocenters. The molecule has 2 N–H and O–H groups in total. The number of rotatable bonds is 2. The zero-order chi connectivity index (χ0) is 8.27. The molecule has 0 fully saturated rings. The highest BCUT2D eigenvalue weighted by molar-refractivity contribution is 5.89. The molecule has 0 aromatic heterocycles. The molecule has 1 rings (SSSR count). The van der Waals surface area contributed by atoms with Gasteiger partial charge in [0.25, 0.3) is 0 Å². The van der Waals surface area contributed by atoms with Gasteiger partial charge in [0.1, 0.15) is 0 Å². The molecule has 0 radical (unpaired) electrons. The van der Waals surface area contributed by atoms with E-state index in [1.165, 1.54) is 0 Å². The highest BCUT2D eigenvalue weighted by Gasteiger charge is 2.17. The monoisotopic (exact) mass is 156 g/mol. The van der Waals surface area contributed by atoms with Crippen LogP contribution in [0.4, 0.5) is 0 Å². The largest absolute Gasteiger partial charge is 0.463 e. The minimum absolute atomic E-state index is 0.250. The minimum atomic E-state index is -0.250. The summed E-state index contributed by atoms with van der Waals surface area (Å²) in [5.74, 6) is 5.18. The van der Waals surface area contributed by atoms with Crippen molar-refractivity contribution in [3.05, 3.63) is 11.6 Å². The van der Waals surface area contributed by atoms with Crippen LogP contribution in [0.2, 0.25) is 0 Å². The molecule has 1 aliphatic rings. The lowest BCUT2D eigenvalue weighted by Gasteiger charge is -2.06. The third-order valence-electron chi connectivity index (χ3n) is 1.48. The van der Waals surface area contributed by atoms with E-state index >= 15 is 0 Å². The van der Waals surface area contributed by atoms with E-state index in [0.717, 1.165) is 0 Å². The maximum Gasteiger partial charge on any atom is 0.335 e. The number of hydrogen-bond acceptors (Lipinski definition) is 4. The van der Waals surface area contributed by atoms with E-state index in [4.69, 9.17) is 10.6 Å². The van der Waals surface area contributed by atoms with E-state index in [-0.39, 0.29) is 5.97 Å². The first kappa shape index (κ1) is 8.23. The van der Waals surface area contributed by atoms with Crippen LogP contribution >= 0.6 is 0 Å². The molecule has 0 aromatic carbocycles. The van der Waals surface area contributed by atoms with Gasteiger partial charge < -0.3 is 4.74 Å². The van der Waals surface area contributed by atoms with E-state index in [2.05, 4.69) is 0 Å². The molecule has 62 valence electrons. The van der Waals surface area contributed by atoms with Crippen molar-refractivity contribution in [3.63, 3.8) is 0 Å². The molecule has 0 amide bonds. The number of nitrogens with zero attached hydrogens (tertiary/aromatic N) is 1. The average molecular weight is 156 g/mol. The second-order valence-corrected chi connectivity index (χ2v) is 2.38. The molecule has 11 heavy (non-hydrogen) atoms. The van der Waals surface area contributed by atoms with E-state index in [0.29, 0.717) is 25.3 Å². The van der Waals surface area contributed by atoms with Crippen molar-refractivity contribution in [2.24, 2.45) is 5.84 Å². The third-order valence-corrected chi connectivity index (χ3v) is 1.48. The molecule has 0 saturated carbocycles. The van der Waals surface area contributed by atoms with Gasteiger partial charge in [-0.15, -0.1) is 0 Å². The molecular weight excluding hydrogens is 144 g/mol. The Morgan fingerprint density at radius 2 is 2.64 bits per heavy atom. The maximum atomic E-state index is 11.0. The zero-order valence-electron chi connectivity index (χ0n) is 6.54. The summed E-state index contributed by atoms with van der Waals surface area (Å²) in [5, 5.41) is 1.56. The van der Waals surface area contributed by atoms with Crippen molar-refractivity contribution in [3.8, 4) is 0 Å². The van der Waals surface area contributed by atoms with Crippen LogP contribution in [0.25, 0.3) is 0 Å². The van der Waals surface area contributed by atoms with E-state index in [1.54, 1.807) is 18.0 Å². The molecule has 1 heterocycles. The number of carbonyl (C=O) groups is 1. The Kier molecular flexibility index (Phi) is 2.62. The SMILES string of the molecule is CCOC(=O)C1=CCN(N)C1. The smallest absolute Gasteiger partial charge is 0.335 e. The van der Waals surface area contributed by atoms with Crippen LogP contribution in [-0.2, 0) is 9.53 Å². The first-order chi connectivity index (χ1) is 5.24. The van der Waals surface area contributed by atoms with Crippen LogP contribution in [0.15, 0.2) is 11.6 Å². The Hall–Kier alpha value is -0.870. The second kappa shape index (κ2) is 3.50. The standard InChI is InChI=1S/C7H12N2O2/c1-2-11-7(10)6-3-4-9(8)5-6/h3H,2,4-5,8H2,1H3. The van der Waals surface area contributed by atoms with E-state index in [9.17, 15) is 4.79 Å². The average Bonchev–Trinajstić information content (AvgIpc) is 2.36. The molecule has 0 bridgehead atoms. The Morgan fingerprint density at radius 1 is 1.91 bits per heavy atom. The first-order valence-electron chi connectivity index (χ1n) is 3.60. The summed E-state index contributed by atoms with van der Waals surface area (Å²) in [5.41, 5.74) is 0.661. The maximum absolute atomic E-state index is 11.0. The first-order valence-corrected chi connectivity index (χ1v) is 3.60. The van der Waals surface area contributed by atoms with Crippen LogP contribution < -0.4 is 5.84 Å². The lowest BCUT2D eigenvalue weighted by Crippen LogP contribution is -2.29. The number of ether oxygens (including phenoxy) is 1. The van der Waals surface area contributed by atoms with E-state index in [1.807, 2.05) is 0 Å². The summed E-state index contributed by atoms with van der Waals surface area (Å²) in [7, 11) is 0. The molecule has 0 saturated heterocycles. The fourth-order valence-corrected chi connectivity index (χ4v) is 0.947. The summed E-state index contributed by atoms with van der Waals surface area (Å²) in [4.78, 5) is 11.0. The molecule has 4 nitrogen and oxygen atoms in total.